The van der Waals surface area contributed by atoms with Crippen LogP contribution in [0.3, 0.4) is 0 Å². The first-order chi connectivity index (χ1) is 9.65. The molecular weight excluding hydrogens is 290 g/mol. The number of hydrogen-bond acceptors (Lipinski definition) is 3. The van der Waals surface area contributed by atoms with Crippen LogP contribution in [0.5, 0.6) is 0 Å². The number of rotatable bonds is 3. The monoisotopic (exact) mass is 305 g/mol. The molecule has 1 aromatic carbocycles. The fraction of sp³-hybridized carbons (Fsp3) is 0.312. The molecule has 0 bridgehead atoms. The van der Waals surface area contributed by atoms with E-state index in [1.165, 1.54) is 10.4 Å². The Morgan fingerprint density at radius 1 is 1.40 bits per heavy atom. The van der Waals surface area contributed by atoms with Crippen molar-refractivity contribution in [1.82, 2.24) is 4.90 Å². The van der Waals surface area contributed by atoms with Gasteiger partial charge in [-0.15, -0.1) is 11.3 Å². The molecule has 0 saturated carbocycles. The summed E-state index contributed by atoms with van der Waals surface area (Å²) in [5, 5.41) is 2.75. The number of fused-ring (bicyclic) bond motifs is 1. The fourth-order valence-electron chi connectivity index (χ4n) is 2.65. The van der Waals surface area contributed by atoms with E-state index in [0.717, 1.165) is 19.5 Å². The van der Waals surface area contributed by atoms with Gasteiger partial charge in [0.25, 0.3) is 0 Å². The molecule has 0 amide bonds. The zero-order chi connectivity index (χ0) is 14.1. The zero-order valence-electron chi connectivity index (χ0n) is 11.3. The lowest BCUT2D eigenvalue weighted by atomic mass is 10.0. The number of halogens is 1. The molecule has 0 N–H and O–H groups in total. The molecule has 3 rings (SSSR count). The van der Waals surface area contributed by atoms with E-state index in [1.807, 2.05) is 30.4 Å². The summed E-state index contributed by atoms with van der Waals surface area (Å²) in [6.45, 7) is 3.80. The maximum atomic E-state index is 12.5. The van der Waals surface area contributed by atoms with Crippen LogP contribution in [0.25, 0.3) is 0 Å². The number of nitrogens with zero attached hydrogens (tertiary/aromatic N) is 1. The Bertz CT molecular complexity index is 637. The van der Waals surface area contributed by atoms with Crippen molar-refractivity contribution in [2.24, 2.45) is 0 Å². The average molecular weight is 306 g/mol. The number of thiophene rings is 1. The summed E-state index contributed by atoms with van der Waals surface area (Å²) in [6.07, 6.45) is 1.04. The highest BCUT2D eigenvalue weighted by molar-refractivity contribution is 7.10. The number of benzene rings is 1. The third-order valence-electron chi connectivity index (χ3n) is 3.87. The Morgan fingerprint density at radius 3 is 3.05 bits per heavy atom. The van der Waals surface area contributed by atoms with E-state index < -0.39 is 0 Å². The van der Waals surface area contributed by atoms with E-state index in [-0.39, 0.29) is 11.8 Å². The maximum Gasteiger partial charge on any atom is 0.179 e. The molecule has 4 heteroatoms. The van der Waals surface area contributed by atoms with E-state index in [1.54, 1.807) is 12.1 Å². The molecule has 20 heavy (non-hydrogen) atoms. The minimum Gasteiger partial charge on any atom is -0.292 e. The minimum atomic E-state index is -0.110. The molecule has 1 aliphatic heterocycles. The van der Waals surface area contributed by atoms with Gasteiger partial charge in [-0.2, -0.15) is 0 Å². The number of ketones is 1. The Balaban J connectivity index is 1.76. The molecule has 2 nitrogen and oxygen atoms in total. The predicted molar refractivity (Wildman–Crippen MR) is 83.7 cm³/mol. The molecule has 2 aromatic rings. The summed E-state index contributed by atoms with van der Waals surface area (Å²) >= 11 is 7.78. The maximum absolute atomic E-state index is 12.5. The smallest absolute Gasteiger partial charge is 0.179 e. The van der Waals surface area contributed by atoms with E-state index >= 15 is 0 Å². The van der Waals surface area contributed by atoms with Crippen LogP contribution in [0.15, 0.2) is 35.7 Å². The number of Topliss-reactive ketones (excluding diaryl/α,β-unsaturated/α-hetero) is 1. The van der Waals surface area contributed by atoms with Crippen molar-refractivity contribution in [3.8, 4) is 0 Å². The van der Waals surface area contributed by atoms with Crippen molar-refractivity contribution < 1.29 is 4.79 Å². The molecule has 1 aliphatic rings. The van der Waals surface area contributed by atoms with Gasteiger partial charge in [0.05, 0.1) is 6.04 Å². The van der Waals surface area contributed by atoms with Gasteiger partial charge in [-0.1, -0.05) is 23.7 Å². The Kier molecular flexibility index (Phi) is 3.92. The van der Waals surface area contributed by atoms with E-state index in [4.69, 9.17) is 11.6 Å². The van der Waals surface area contributed by atoms with Gasteiger partial charge in [0.15, 0.2) is 5.78 Å². The molecule has 1 unspecified atom stereocenters. The standard InChI is InChI=1S/C16H16ClNOS/c1-11(16(19)12-3-2-4-14(17)9-12)18-7-5-15-13(10-18)6-8-20-15/h2-4,6,8-9,11H,5,7,10H2,1H3. The van der Waals surface area contributed by atoms with Crippen molar-refractivity contribution in [1.29, 1.82) is 0 Å². The van der Waals surface area contributed by atoms with E-state index in [2.05, 4.69) is 16.3 Å². The normalized spacial score (nSPS) is 16.7. The second kappa shape index (κ2) is 5.68. The molecule has 0 spiro atoms. The van der Waals surface area contributed by atoms with Gasteiger partial charge in [0, 0.05) is 28.6 Å². The largest absolute Gasteiger partial charge is 0.292 e. The third kappa shape index (κ3) is 2.66. The SMILES string of the molecule is CC(C(=O)c1cccc(Cl)c1)N1CCc2sccc2C1. The third-order valence-corrected chi connectivity index (χ3v) is 5.13. The average Bonchev–Trinajstić information content (AvgIpc) is 2.93. The Morgan fingerprint density at radius 2 is 2.25 bits per heavy atom. The quantitative estimate of drug-likeness (QED) is 0.798. The van der Waals surface area contributed by atoms with Crippen molar-refractivity contribution in [2.45, 2.75) is 25.9 Å². The van der Waals surface area contributed by atoms with Gasteiger partial charge in [0.2, 0.25) is 0 Å². The van der Waals surface area contributed by atoms with Crippen LogP contribution in [-0.4, -0.2) is 23.3 Å². The van der Waals surface area contributed by atoms with E-state index in [9.17, 15) is 4.79 Å². The molecule has 0 aliphatic carbocycles. The van der Waals surface area contributed by atoms with E-state index in [0.29, 0.717) is 10.6 Å². The summed E-state index contributed by atoms with van der Waals surface area (Å²) in [6, 6.07) is 9.27. The van der Waals surface area contributed by atoms with Crippen molar-refractivity contribution in [3.63, 3.8) is 0 Å². The van der Waals surface area contributed by atoms with Gasteiger partial charge in [0.1, 0.15) is 0 Å². The van der Waals surface area contributed by atoms with Gasteiger partial charge in [-0.25, -0.2) is 0 Å². The van der Waals surface area contributed by atoms with Gasteiger partial charge in [-0.3, -0.25) is 9.69 Å². The molecule has 1 aromatic heterocycles. The second-order valence-corrected chi connectivity index (χ2v) is 6.58. The summed E-state index contributed by atoms with van der Waals surface area (Å²) in [5.74, 6) is 0.145. The first-order valence-corrected chi connectivity index (χ1v) is 8.00. The van der Waals surface area contributed by atoms with Gasteiger partial charge >= 0.3 is 0 Å². The topological polar surface area (TPSA) is 20.3 Å². The summed E-state index contributed by atoms with van der Waals surface area (Å²) in [7, 11) is 0. The molecule has 0 fully saturated rings. The number of carbonyl (C=O) groups is 1. The van der Waals surface area contributed by atoms with Crippen LogP contribution in [0.1, 0.15) is 27.7 Å². The highest BCUT2D eigenvalue weighted by atomic mass is 35.5. The molecule has 104 valence electrons. The van der Waals surface area contributed by atoms with Gasteiger partial charge in [-0.05, 0) is 42.5 Å². The Hall–Kier alpha value is -1.16. The van der Waals surface area contributed by atoms with Crippen LogP contribution in [0, 0.1) is 0 Å². The van der Waals surface area contributed by atoms with Crippen LogP contribution in [0.2, 0.25) is 5.02 Å². The highest BCUT2D eigenvalue weighted by Gasteiger charge is 2.26. The molecule has 1 atom stereocenters. The summed E-state index contributed by atoms with van der Waals surface area (Å²) in [5.41, 5.74) is 2.06. The van der Waals surface area contributed by atoms with Crippen LogP contribution in [0.4, 0.5) is 0 Å². The minimum absolute atomic E-state index is 0.110. The fourth-order valence-corrected chi connectivity index (χ4v) is 3.73. The molecule has 0 radical (unpaired) electrons. The molecule has 2 heterocycles. The first-order valence-electron chi connectivity index (χ1n) is 6.74. The lowest BCUT2D eigenvalue weighted by molar-refractivity contribution is 0.0821. The van der Waals surface area contributed by atoms with Crippen molar-refractivity contribution in [3.05, 3.63) is 56.7 Å². The van der Waals surface area contributed by atoms with Crippen LogP contribution < -0.4 is 0 Å². The predicted octanol–water partition coefficient (Wildman–Crippen LogP) is 4.03. The van der Waals surface area contributed by atoms with Crippen molar-refractivity contribution >= 4 is 28.7 Å². The number of hydrogen-bond donors (Lipinski definition) is 0. The summed E-state index contributed by atoms with van der Waals surface area (Å²) < 4.78 is 0. The van der Waals surface area contributed by atoms with Crippen LogP contribution >= 0.6 is 22.9 Å². The first kappa shape index (κ1) is 13.8. The lowest BCUT2D eigenvalue weighted by Gasteiger charge is -2.31. The van der Waals surface area contributed by atoms with Crippen molar-refractivity contribution in [2.75, 3.05) is 6.54 Å². The zero-order valence-corrected chi connectivity index (χ0v) is 12.9. The summed E-state index contributed by atoms with van der Waals surface area (Å²) in [4.78, 5) is 16.3. The van der Waals surface area contributed by atoms with Gasteiger partial charge < -0.3 is 0 Å². The molecule has 0 saturated heterocycles. The van der Waals surface area contributed by atoms with Crippen LogP contribution in [-0.2, 0) is 13.0 Å². The number of carbonyl (C=O) groups excluding carboxylic acids is 1. The second-order valence-electron chi connectivity index (χ2n) is 5.14. The molecular formula is C16H16ClNOS. The lowest BCUT2D eigenvalue weighted by Crippen LogP contribution is -2.41. The highest BCUT2D eigenvalue weighted by Crippen LogP contribution is 2.26. The Labute approximate surface area is 128 Å².